The molecule has 0 spiro atoms. The maximum Gasteiger partial charge on any atom is 0.314 e. The minimum atomic E-state index is -0.674. The van der Waals surface area contributed by atoms with E-state index in [0.717, 1.165) is 57.8 Å². The van der Waals surface area contributed by atoms with Crippen molar-refractivity contribution in [1.29, 1.82) is 5.26 Å². The lowest BCUT2D eigenvalue weighted by Crippen LogP contribution is -2.31. The Labute approximate surface area is 191 Å². The fraction of sp³-hybridized carbons (Fsp3) is 0.692. The van der Waals surface area contributed by atoms with Crippen molar-refractivity contribution in [1.82, 2.24) is 0 Å². The molecule has 0 amide bonds. The molecule has 176 valence electrons. The summed E-state index contributed by atoms with van der Waals surface area (Å²) in [5.41, 5.74) is -0.0598. The number of rotatable bonds is 10. The van der Waals surface area contributed by atoms with Gasteiger partial charge in [-0.2, -0.15) is 5.26 Å². The molecule has 3 rings (SSSR count). The molecule has 2 fully saturated rings. The van der Waals surface area contributed by atoms with Gasteiger partial charge < -0.3 is 14.2 Å². The van der Waals surface area contributed by atoms with E-state index in [9.17, 15) is 9.18 Å². The van der Waals surface area contributed by atoms with Crippen LogP contribution in [0.25, 0.3) is 0 Å². The van der Waals surface area contributed by atoms with Gasteiger partial charge in [0.1, 0.15) is 17.6 Å². The number of unbranched alkanes of at least 4 members (excludes halogenated alkanes) is 2. The lowest BCUT2D eigenvalue weighted by atomic mass is 9.86. The molecule has 0 unspecified atom stereocenters. The number of nitrogens with zero attached hydrogens (tertiary/aromatic N) is 1. The third-order valence-corrected chi connectivity index (χ3v) is 6.75. The molecule has 0 radical (unpaired) electrons. The van der Waals surface area contributed by atoms with Crippen LogP contribution in [0.2, 0.25) is 0 Å². The highest BCUT2D eigenvalue weighted by molar-refractivity contribution is 5.75. The third-order valence-electron chi connectivity index (χ3n) is 6.75. The second-order valence-electron chi connectivity index (χ2n) is 9.20. The first-order chi connectivity index (χ1) is 15.6. The van der Waals surface area contributed by atoms with E-state index in [-0.39, 0.29) is 29.3 Å². The Morgan fingerprint density at radius 3 is 2.38 bits per heavy atom. The van der Waals surface area contributed by atoms with Gasteiger partial charge in [0.05, 0.1) is 23.7 Å². The number of benzene rings is 1. The highest BCUT2D eigenvalue weighted by atomic mass is 19.1. The Balaban J connectivity index is 1.30. The molecular formula is C26H36FNO4. The van der Waals surface area contributed by atoms with E-state index in [1.165, 1.54) is 44.2 Å². The number of esters is 1. The zero-order valence-electron chi connectivity index (χ0n) is 19.2. The van der Waals surface area contributed by atoms with Gasteiger partial charge in [0, 0.05) is 19.3 Å². The highest BCUT2D eigenvalue weighted by Crippen LogP contribution is 2.31. The fourth-order valence-electron chi connectivity index (χ4n) is 4.65. The molecule has 0 bridgehead atoms. The van der Waals surface area contributed by atoms with Gasteiger partial charge in [-0.25, -0.2) is 4.39 Å². The van der Waals surface area contributed by atoms with Crippen molar-refractivity contribution in [2.24, 2.45) is 11.8 Å². The summed E-state index contributed by atoms with van der Waals surface area (Å²) in [5, 5.41) is 8.79. The summed E-state index contributed by atoms with van der Waals surface area (Å²) in [7, 11) is 0. The normalized spacial score (nSPS) is 25.8. The summed E-state index contributed by atoms with van der Waals surface area (Å²) < 4.78 is 31.2. The second kappa shape index (κ2) is 12.9. The average molecular weight is 446 g/mol. The number of ether oxygens (including phenoxy) is 3. The van der Waals surface area contributed by atoms with Gasteiger partial charge in [0.25, 0.3) is 0 Å². The maximum atomic E-state index is 13.7. The first-order valence-corrected chi connectivity index (χ1v) is 12.2. The largest absolute Gasteiger partial charge is 0.426 e. The predicted octanol–water partition coefficient (Wildman–Crippen LogP) is 5.94. The van der Waals surface area contributed by atoms with E-state index < -0.39 is 5.82 Å². The van der Waals surface area contributed by atoms with Gasteiger partial charge >= 0.3 is 5.97 Å². The smallest absolute Gasteiger partial charge is 0.314 e. The molecule has 0 atom stereocenters. The Bertz CT molecular complexity index is 762. The first-order valence-electron chi connectivity index (χ1n) is 12.2. The predicted molar refractivity (Wildman–Crippen MR) is 120 cm³/mol. The summed E-state index contributed by atoms with van der Waals surface area (Å²) >= 11 is 0. The first kappa shape index (κ1) is 24.7. The number of hydrogen-bond donors (Lipinski definition) is 0. The number of halogens is 1. The zero-order valence-corrected chi connectivity index (χ0v) is 19.2. The van der Waals surface area contributed by atoms with Crippen molar-refractivity contribution in [3.63, 3.8) is 0 Å². The topological polar surface area (TPSA) is 68.6 Å². The van der Waals surface area contributed by atoms with Crippen molar-refractivity contribution < 1.29 is 23.4 Å². The van der Waals surface area contributed by atoms with Gasteiger partial charge in [-0.15, -0.1) is 0 Å². The number of nitriles is 1. The van der Waals surface area contributed by atoms with Crippen molar-refractivity contribution in [3.05, 3.63) is 29.6 Å². The molecule has 32 heavy (non-hydrogen) atoms. The van der Waals surface area contributed by atoms with Gasteiger partial charge in [0.15, 0.2) is 0 Å². The summed E-state index contributed by atoms with van der Waals surface area (Å²) in [5.74, 6) is -0.431. The Hall–Kier alpha value is -1.97. The summed E-state index contributed by atoms with van der Waals surface area (Å²) in [6.45, 7) is 3.90. The molecule has 0 heterocycles. The van der Waals surface area contributed by atoms with Gasteiger partial charge in [0.2, 0.25) is 0 Å². The Morgan fingerprint density at radius 1 is 1.03 bits per heavy atom. The molecule has 0 N–H and O–H groups in total. The maximum absolute atomic E-state index is 13.7. The molecular weight excluding hydrogens is 409 g/mol. The van der Waals surface area contributed by atoms with E-state index in [1.807, 2.05) is 0 Å². The highest BCUT2D eigenvalue weighted by Gasteiger charge is 2.29. The minimum Gasteiger partial charge on any atom is -0.426 e. The summed E-state index contributed by atoms with van der Waals surface area (Å²) in [6.07, 6.45) is 12.0. The average Bonchev–Trinajstić information content (AvgIpc) is 2.82. The van der Waals surface area contributed by atoms with E-state index in [4.69, 9.17) is 19.5 Å². The van der Waals surface area contributed by atoms with Crippen molar-refractivity contribution in [2.45, 2.75) is 89.8 Å². The van der Waals surface area contributed by atoms with Gasteiger partial charge in [-0.05, 0) is 75.8 Å². The summed E-state index contributed by atoms with van der Waals surface area (Å²) in [4.78, 5) is 12.4. The van der Waals surface area contributed by atoms with Crippen molar-refractivity contribution >= 4 is 5.97 Å². The van der Waals surface area contributed by atoms with Crippen LogP contribution in [0.5, 0.6) is 5.75 Å². The number of carbonyl (C=O) groups is 1. The minimum absolute atomic E-state index is 0.0598. The van der Waals surface area contributed by atoms with E-state index in [0.29, 0.717) is 12.0 Å². The van der Waals surface area contributed by atoms with Crippen LogP contribution in [0.15, 0.2) is 18.2 Å². The fourth-order valence-corrected chi connectivity index (χ4v) is 4.65. The molecule has 0 aliphatic heterocycles. The quantitative estimate of drug-likeness (QED) is 0.253. The Morgan fingerprint density at radius 2 is 1.72 bits per heavy atom. The molecule has 1 aromatic carbocycles. The summed E-state index contributed by atoms with van der Waals surface area (Å²) in [6, 6.07) is 5.64. The van der Waals surface area contributed by atoms with Crippen LogP contribution in [0.3, 0.4) is 0 Å². The molecule has 2 saturated carbocycles. The standard InChI is InChI=1S/C26H36FNO4/c1-2-3-4-15-30-22-10-5-19(6-11-22)18-31-23-12-7-20(8-13-23)26(29)32-24-14-9-21(17-28)25(27)16-24/h9,14,16,19-20,22-23H,2-8,10-13,15,18H2,1H3. The number of hydrogen-bond acceptors (Lipinski definition) is 5. The number of carbonyl (C=O) groups excluding carboxylic acids is 1. The molecule has 0 saturated heterocycles. The lowest BCUT2D eigenvalue weighted by Gasteiger charge is -2.31. The van der Waals surface area contributed by atoms with E-state index in [1.54, 1.807) is 6.07 Å². The van der Waals surface area contributed by atoms with E-state index >= 15 is 0 Å². The SMILES string of the molecule is CCCCCOC1CCC(COC2CCC(C(=O)Oc3ccc(C#N)c(F)c3)CC2)CC1. The Kier molecular flexibility index (Phi) is 9.95. The van der Waals surface area contributed by atoms with Crippen LogP contribution >= 0.6 is 0 Å². The van der Waals surface area contributed by atoms with Crippen LogP contribution in [0.1, 0.15) is 83.1 Å². The monoisotopic (exact) mass is 445 g/mol. The molecule has 1 aromatic rings. The van der Waals surface area contributed by atoms with Crippen LogP contribution in [-0.4, -0.2) is 31.4 Å². The van der Waals surface area contributed by atoms with Crippen molar-refractivity contribution in [3.8, 4) is 11.8 Å². The molecule has 5 nitrogen and oxygen atoms in total. The zero-order chi connectivity index (χ0) is 22.8. The van der Waals surface area contributed by atoms with Crippen molar-refractivity contribution in [2.75, 3.05) is 13.2 Å². The molecule has 6 heteroatoms. The van der Waals surface area contributed by atoms with Crippen LogP contribution in [0, 0.1) is 29.0 Å². The second-order valence-corrected chi connectivity index (χ2v) is 9.20. The van der Waals surface area contributed by atoms with Crippen LogP contribution in [-0.2, 0) is 14.3 Å². The lowest BCUT2D eigenvalue weighted by molar-refractivity contribution is -0.141. The molecule has 2 aliphatic carbocycles. The van der Waals surface area contributed by atoms with Gasteiger partial charge in [-0.3, -0.25) is 4.79 Å². The van der Waals surface area contributed by atoms with E-state index in [2.05, 4.69) is 6.92 Å². The third kappa shape index (κ3) is 7.56. The van der Waals surface area contributed by atoms with Crippen LogP contribution in [0.4, 0.5) is 4.39 Å². The molecule has 0 aromatic heterocycles. The molecule has 2 aliphatic rings. The van der Waals surface area contributed by atoms with Crippen LogP contribution < -0.4 is 4.74 Å². The van der Waals surface area contributed by atoms with Gasteiger partial charge in [-0.1, -0.05) is 19.8 Å².